The molecule has 3 N–H and O–H groups in total. The molecule has 1 amide bonds. The summed E-state index contributed by atoms with van der Waals surface area (Å²) < 4.78 is 1.31. The van der Waals surface area contributed by atoms with Gasteiger partial charge in [-0.2, -0.15) is 0 Å². The zero-order chi connectivity index (χ0) is 21.7. The number of tetrazole rings is 1. The lowest BCUT2D eigenvalue weighted by Gasteiger charge is -2.20. The normalized spacial score (nSPS) is 12.9. The minimum atomic E-state index is -1.05. The van der Waals surface area contributed by atoms with Crippen molar-refractivity contribution in [3.8, 4) is 11.1 Å². The SMILES string of the molecule is C[C@H](N[C@H](Cc1ccc(-c2cccc(Cl)c2)cc1)C(=O)Nc1nnnn1C)C(=O)O. The number of rotatable bonds is 8. The molecule has 0 aliphatic rings. The van der Waals surface area contributed by atoms with Crippen LogP contribution in [0, 0.1) is 0 Å². The van der Waals surface area contributed by atoms with Gasteiger partial charge in [-0.3, -0.25) is 20.2 Å². The molecule has 2 atom stereocenters. The molecule has 0 radical (unpaired) electrons. The second-order valence-corrected chi connectivity index (χ2v) is 7.24. The maximum absolute atomic E-state index is 12.8. The van der Waals surface area contributed by atoms with E-state index >= 15 is 0 Å². The number of benzene rings is 2. The summed E-state index contributed by atoms with van der Waals surface area (Å²) in [6.45, 7) is 1.48. The van der Waals surface area contributed by atoms with Crippen LogP contribution in [0.4, 0.5) is 5.95 Å². The van der Waals surface area contributed by atoms with Gasteiger partial charge in [0.2, 0.25) is 11.9 Å². The highest BCUT2D eigenvalue weighted by atomic mass is 35.5. The Morgan fingerprint density at radius 1 is 1.17 bits per heavy atom. The number of hydrogen-bond acceptors (Lipinski definition) is 6. The van der Waals surface area contributed by atoms with Crippen molar-refractivity contribution in [2.45, 2.75) is 25.4 Å². The smallest absolute Gasteiger partial charge is 0.320 e. The zero-order valence-electron chi connectivity index (χ0n) is 16.4. The van der Waals surface area contributed by atoms with Gasteiger partial charge in [-0.15, -0.1) is 0 Å². The molecule has 156 valence electrons. The summed E-state index contributed by atoms with van der Waals surface area (Å²) in [5, 5.41) is 26.2. The monoisotopic (exact) mass is 428 g/mol. The van der Waals surface area contributed by atoms with Crippen LogP contribution in [0.3, 0.4) is 0 Å². The highest BCUT2D eigenvalue weighted by Gasteiger charge is 2.25. The average Bonchev–Trinajstić information content (AvgIpc) is 3.12. The Kier molecular flexibility index (Phi) is 6.76. The summed E-state index contributed by atoms with van der Waals surface area (Å²) in [7, 11) is 1.59. The number of anilines is 1. The van der Waals surface area contributed by atoms with Crippen LogP contribution in [-0.4, -0.2) is 49.3 Å². The molecular formula is C20H21ClN6O3. The van der Waals surface area contributed by atoms with E-state index < -0.39 is 24.0 Å². The fourth-order valence-corrected chi connectivity index (χ4v) is 3.06. The number of halogens is 1. The lowest BCUT2D eigenvalue weighted by Crippen LogP contribution is -2.49. The Labute approximate surface area is 178 Å². The number of carbonyl (C=O) groups excluding carboxylic acids is 1. The molecule has 0 spiro atoms. The Morgan fingerprint density at radius 3 is 2.50 bits per heavy atom. The predicted molar refractivity (Wildman–Crippen MR) is 112 cm³/mol. The Morgan fingerprint density at radius 2 is 1.90 bits per heavy atom. The number of nitrogens with zero attached hydrogens (tertiary/aromatic N) is 4. The lowest BCUT2D eigenvalue weighted by molar-refractivity contribution is -0.139. The second-order valence-electron chi connectivity index (χ2n) is 6.81. The molecule has 0 aliphatic carbocycles. The van der Waals surface area contributed by atoms with Gasteiger partial charge in [-0.25, -0.2) is 4.68 Å². The number of aromatic nitrogens is 4. The molecule has 0 unspecified atom stereocenters. The third kappa shape index (κ3) is 5.40. The van der Waals surface area contributed by atoms with Crippen LogP contribution in [0.2, 0.25) is 5.02 Å². The predicted octanol–water partition coefficient (Wildman–Crippen LogP) is 2.14. The van der Waals surface area contributed by atoms with Gasteiger partial charge in [-0.05, 0) is 52.6 Å². The molecule has 30 heavy (non-hydrogen) atoms. The standard InChI is InChI=1S/C20H21ClN6O3/c1-12(19(29)30)22-17(18(28)23-20-24-25-26-27(20)2)10-13-6-8-14(9-7-13)15-4-3-5-16(21)11-15/h3-9,11-12,17,22H,10H2,1-2H3,(H,29,30)(H,23,24,26,28)/t12-,17+/m0/s1. The topological polar surface area (TPSA) is 122 Å². The molecule has 0 fully saturated rings. The van der Waals surface area contributed by atoms with Crippen molar-refractivity contribution in [2.75, 3.05) is 5.32 Å². The lowest BCUT2D eigenvalue weighted by atomic mass is 10.00. The summed E-state index contributed by atoms with van der Waals surface area (Å²) in [4.78, 5) is 24.0. The van der Waals surface area contributed by atoms with Crippen molar-refractivity contribution in [1.29, 1.82) is 0 Å². The number of aliphatic carboxylic acids is 1. The van der Waals surface area contributed by atoms with E-state index in [0.717, 1.165) is 16.7 Å². The highest BCUT2D eigenvalue weighted by Crippen LogP contribution is 2.23. The van der Waals surface area contributed by atoms with E-state index in [0.29, 0.717) is 5.02 Å². The van der Waals surface area contributed by atoms with Crippen molar-refractivity contribution in [2.24, 2.45) is 7.05 Å². The molecule has 3 rings (SSSR count). The van der Waals surface area contributed by atoms with Crippen LogP contribution in [0.15, 0.2) is 48.5 Å². The molecule has 10 heteroatoms. The number of aryl methyl sites for hydroxylation is 1. The van der Waals surface area contributed by atoms with Gasteiger partial charge < -0.3 is 5.11 Å². The first kappa shape index (κ1) is 21.4. The average molecular weight is 429 g/mol. The van der Waals surface area contributed by atoms with Gasteiger partial charge in [-0.1, -0.05) is 53.1 Å². The van der Waals surface area contributed by atoms with E-state index in [1.807, 2.05) is 48.5 Å². The molecule has 0 saturated heterocycles. The van der Waals surface area contributed by atoms with E-state index in [-0.39, 0.29) is 12.4 Å². The van der Waals surface area contributed by atoms with Crippen LogP contribution < -0.4 is 10.6 Å². The Balaban J connectivity index is 1.77. The number of carboxylic acid groups (broad SMARTS) is 1. The molecule has 2 aromatic carbocycles. The molecule has 1 aromatic heterocycles. The second kappa shape index (κ2) is 9.47. The number of carbonyl (C=O) groups is 2. The van der Waals surface area contributed by atoms with Crippen molar-refractivity contribution in [3.05, 3.63) is 59.1 Å². The van der Waals surface area contributed by atoms with Crippen molar-refractivity contribution >= 4 is 29.4 Å². The van der Waals surface area contributed by atoms with E-state index in [9.17, 15) is 14.7 Å². The molecule has 1 heterocycles. The van der Waals surface area contributed by atoms with Crippen molar-refractivity contribution in [1.82, 2.24) is 25.5 Å². The van der Waals surface area contributed by atoms with Crippen LogP contribution in [0.5, 0.6) is 0 Å². The van der Waals surface area contributed by atoms with Gasteiger partial charge >= 0.3 is 5.97 Å². The molecule has 0 bridgehead atoms. The minimum Gasteiger partial charge on any atom is -0.480 e. The van der Waals surface area contributed by atoms with E-state index in [1.54, 1.807) is 7.05 Å². The van der Waals surface area contributed by atoms with E-state index in [4.69, 9.17) is 11.6 Å². The first-order chi connectivity index (χ1) is 14.3. The molecule has 9 nitrogen and oxygen atoms in total. The number of amides is 1. The Bertz CT molecular complexity index is 1040. The van der Waals surface area contributed by atoms with Gasteiger partial charge in [0.1, 0.15) is 6.04 Å². The number of nitrogens with one attached hydrogen (secondary N) is 2. The van der Waals surface area contributed by atoms with Crippen LogP contribution in [0.1, 0.15) is 12.5 Å². The van der Waals surface area contributed by atoms with Crippen LogP contribution in [-0.2, 0) is 23.1 Å². The van der Waals surface area contributed by atoms with Gasteiger partial charge in [0, 0.05) is 12.1 Å². The van der Waals surface area contributed by atoms with E-state index in [2.05, 4.69) is 26.2 Å². The minimum absolute atomic E-state index is 0.172. The first-order valence-corrected chi connectivity index (χ1v) is 9.58. The van der Waals surface area contributed by atoms with Crippen molar-refractivity contribution in [3.63, 3.8) is 0 Å². The summed E-state index contributed by atoms with van der Waals surface area (Å²) >= 11 is 6.06. The maximum Gasteiger partial charge on any atom is 0.320 e. The summed E-state index contributed by atoms with van der Waals surface area (Å²) in [6.07, 6.45) is 0.282. The maximum atomic E-state index is 12.8. The van der Waals surface area contributed by atoms with Gasteiger partial charge in [0.25, 0.3) is 0 Å². The first-order valence-electron chi connectivity index (χ1n) is 9.20. The number of hydrogen-bond donors (Lipinski definition) is 3. The highest BCUT2D eigenvalue weighted by molar-refractivity contribution is 6.30. The third-order valence-corrected chi connectivity index (χ3v) is 4.78. The zero-order valence-corrected chi connectivity index (χ0v) is 17.2. The summed E-state index contributed by atoms with van der Waals surface area (Å²) in [5.41, 5.74) is 2.83. The largest absolute Gasteiger partial charge is 0.480 e. The van der Waals surface area contributed by atoms with Crippen LogP contribution in [0.25, 0.3) is 11.1 Å². The summed E-state index contributed by atoms with van der Waals surface area (Å²) in [6, 6.07) is 13.5. The fraction of sp³-hybridized carbons (Fsp3) is 0.250. The third-order valence-electron chi connectivity index (χ3n) is 4.54. The molecular weight excluding hydrogens is 408 g/mol. The summed E-state index contributed by atoms with van der Waals surface area (Å²) in [5.74, 6) is -1.31. The van der Waals surface area contributed by atoms with Crippen LogP contribution >= 0.6 is 11.6 Å². The van der Waals surface area contributed by atoms with E-state index in [1.165, 1.54) is 11.6 Å². The number of carboxylic acids is 1. The molecule has 0 saturated carbocycles. The van der Waals surface area contributed by atoms with Gasteiger partial charge in [0.05, 0.1) is 6.04 Å². The van der Waals surface area contributed by atoms with Gasteiger partial charge in [0.15, 0.2) is 0 Å². The van der Waals surface area contributed by atoms with Crippen molar-refractivity contribution < 1.29 is 14.7 Å². The Hall–Kier alpha value is -3.30. The fourth-order valence-electron chi connectivity index (χ4n) is 2.87. The molecule has 0 aliphatic heterocycles. The molecule has 3 aromatic rings. The quantitative estimate of drug-likeness (QED) is 0.502.